The number of nitrogens with zero attached hydrogens (tertiary/aromatic N) is 2. The van der Waals surface area contributed by atoms with Crippen LogP contribution in [-0.2, 0) is 6.54 Å². The van der Waals surface area contributed by atoms with Crippen molar-refractivity contribution in [2.75, 3.05) is 26.2 Å². The largest absolute Gasteiger partial charge is 0.439 e. The number of rotatable bonds is 5. The number of fused-ring (bicyclic) bond motifs is 1. The normalized spacial score (nSPS) is 19.8. The molecule has 3 rings (SSSR count). The minimum absolute atomic E-state index is 0.757. The molecular weight excluding hydrogens is 250 g/mol. The molecule has 1 fully saturated rings. The quantitative estimate of drug-likeness (QED) is 0.909. The van der Waals surface area contributed by atoms with Crippen molar-refractivity contribution in [3.8, 4) is 0 Å². The minimum Gasteiger partial charge on any atom is -0.439 e. The molecule has 1 saturated heterocycles. The second kappa shape index (κ2) is 6.37. The first kappa shape index (κ1) is 13.6. The van der Waals surface area contributed by atoms with Crippen LogP contribution in [0.15, 0.2) is 28.7 Å². The van der Waals surface area contributed by atoms with Crippen LogP contribution >= 0.6 is 0 Å². The predicted octanol–water partition coefficient (Wildman–Crippen LogP) is 2.65. The van der Waals surface area contributed by atoms with E-state index in [1.54, 1.807) is 0 Å². The van der Waals surface area contributed by atoms with E-state index >= 15 is 0 Å². The van der Waals surface area contributed by atoms with E-state index in [9.17, 15) is 0 Å². The van der Waals surface area contributed by atoms with E-state index in [4.69, 9.17) is 4.42 Å². The van der Waals surface area contributed by atoms with E-state index in [0.717, 1.165) is 49.1 Å². The third-order valence-electron chi connectivity index (χ3n) is 4.06. The Morgan fingerprint density at radius 2 is 2.30 bits per heavy atom. The first-order chi connectivity index (χ1) is 9.85. The molecule has 0 amide bonds. The standard InChI is InChI=1S/C16H23N3O/c1-2-19(11-13-6-5-9-17-10-13)12-16-18-14-7-3-4-8-15(14)20-16/h3-4,7-8,13,17H,2,5-6,9-12H2,1H3. The predicted molar refractivity (Wildman–Crippen MR) is 80.6 cm³/mol. The summed E-state index contributed by atoms with van der Waals surface area (Å²) in [6.45, 7) is 7.50. The third kappa shape index (κ3) is 3.19. The number of hydrogen-bond donors (Lipinski definition) is 1. The topological polar surface area (TPSA) is 41.3 Å². The molecule has 108 valence electrons. The second-order valence-electron chi connectivity index (χ2n) is 5.62. The highest BCUT2D eigenvalue weighted by atomic mass is 16.3. The van der Waals surface area contributed by atoms with Gasteiger partial charge in [-0.25, -0.2) is 4.98 Å². The van der Waals surface area contributed by atoms with Gasteiger partial charge >= 0.3 is 0 Å². The SMILES string of the molecule is CCN(Cc1nc2ccccc2o1)CC1CCCNC1. The summed E-state index contributed by atoms with van der Waals surface area (Å²) in [6.07, 6.45) is 2.63. The van der Waals surface area contributed by atoms with E-state index in [1.165, 1.54) is 19.4 Å². The Hall–Kier alpha value is -1.39. The third-order valence-corrected chi connectivity index (χ3v) is 4.06. The van der Waals surface area contributed by atoms with Gasteiger partial charge in [-0.15, -0.1) is 0 Å². The van der Waals surface area contributed by atoms with Crippen molar-refractivity contribution in [2.24, 2.45) is 5.92 Å². The van der Waals surface area contributed by atoms with Crippen LogP contribution in [0.4, 0.5) is 0 Å². The number of oxazole rings is 1. The summed E-state index contributed by atoms with van der Waals surface area (Å²) in [7, 11) is 0. The highest BCUT2D eigenvalue weighted by Crippen LogP contribution is 2.17. The van der Waals surface area contributed by atoms with E-state index < -0.39 is 0 Å². The number of para-hydroxylation sites is 2. The van der Waals surface area contributed by atoms with Gasteiger partial charge in [0.25, 0.3) is 0 Å². The van der Waals surface area contributed by atoms with Crippen molar-refractivity contribution < 1.29 is 4.42 Å². The smallest absolute Gasteiger partial charge is 0.209 e. The lowest BCUT2D eigenvalue weighted by atomic mass is 9.99. The van der Waals surface area contributed by atoms with Crippen molar-refractivity contribution >= 4 is 11.1 Å². The Labute approximate surface area is 120 Å². The van der Waals surface area contributed by atoms with Gasteiger partial charge in [0.05, 0.1) is 6.54 Å². The average Bonchev–Trinajstić information content (AvgIpc) is 2.90. The molecule has 1 N–H and O–H groups in total. The molecule has 2 heterocycles. The molecule has 0 saturated carbocycles. The molecule has 0 spiro atoms. The van der Waals surface area contributed by atoms with Gasteiger partial charge in [0, 0.05) is 6.54 Å². The van der Waals surface area contributed by atoms with Crippen LogP contribution in [0.3, 0.4) is 0 Å². The molecule has 1 aliphatic heterocycles. The van der Waals surface area contributed by atoms with Gasteiger partial charge in [0.2, 0.25) is 5.89 Å². The fourth-order valence-electron chi connectivity index (χ4n) is 2.93. The lowest BCUT2D eigenvalue weighted by molar-refractivity contribution is 0.195. The number of piperidine rings is 1. The fraction of sp³-hybridized carbons (Fsp3) is 0.562. The van der Waals surface area contributed by atoms with Gasteiger partial charge < -0.3 is 9.73 Å². The summed E-state index contributed by atoms with van der Waals surface area (Å²) in [6, 6.07) is 7.97. The molecule has 20 heavy (non-hydrogen) atoms. The molecule has 1 aromatic heterocycles. The average molecular weight is 273 g/mol. The van der Waals surface area contributed by atoms with E-state index in [-0.39, 0.29) is 0 Å². The maximum atomic E-state index is 5.82. The van der Waals surface area contributed by atoms with Crippen LogP contribution in [0.25, 0.3) is 11.1 Å². The molecule has 1 aliphatic rings. The number of aromatic nitrogens is 1. The zero-order chi connectivity index (χ0) is 13.8. The van der Waals surface area contributed by atoms with Crippen LogP contribution in [0.2, 0.25) is 0 Å². The van der Waals surface area contributed by atoms with Crippen molar-refractivity contribution in [3.05, 3.63) is 30.2 Å². The molecular formula is C16H23N3O. The van der Waals surface area contributed by atoms with Gasteiger partial charge in [-0.3, -0.25) is 4.90 Å². The maximum Gasteiger partial charge on any atom is 0.209 e. The highest BCUT2D eigenvalue weighted by molar-refractivity contribution is 5.72. The summed E-state index contributed by atoms with van der Waals surface area (Å²) < 4.78 is 5.82. The molecule has 1 unspecified atom stereocenters. The minimum atomic E-state index is 0.757. The Morgan fingerprint density at radius 3 is 3.05 bits per heavy atom. The van der Waals surface area contributed by atoms with E-state index in [2.05, 4.69) is 22.1 Å². The van der Waals surface area contributed by atoms with Gasteiger partial charge in [-0.2, -0.15) is 0 Å². The van der Waals surface area contributed by atoms with Crippen LogP contribution in [0.1, 0.15) is 25.7 Å². The van der Waals surface area contributed by atoms with E-state index in [1.807, 2.05) is 24.3 Å². The Kier molecular flexibility index (Phi) is 4.33. The van der Waals surface area contributed by atoms with Crippen molar-refractivity contribution in [2.45, 2.75) is 26.3 Å². The Balaban J connectivity index is 1.64. The number of hydrogen-bond acceptors (Lipinski definition) is 4. The monoisotopic (exact) mass is 273 g/mol. The summed E-state index contributed by atoms with van der Waals surface area (Å²) in [5, 5.41) is 3.48. The maximum absolute atomic E-state index is 5.82. The van der Waals surface area contributed by atoms with Crippen LogP contribution in [0.5, 0.6) is 0 Å². The second-order valence-corrected chi connectivity index (χ2v) is 5.62. The lowest BCUT2D eigenvalue weighted by Gasteiger charge is -2.28. The first-order valence-electron chi connectivity index (χ1n) is 7.62. The molecule has 1 aromatic carbocycles. The highest BCUT2D eigenvalue weighted by Gasteiger charge is 2.17. The van der Waals surface area contributed by atoms with Gasteiger partial charge in [0.1, 0.15) is 5.52 Å². The first-order valence-corrected chi connectivity index (χ1v) is 7.62. The van der Waals surface area contributed by atoms with Crippen molar-refractivity contribution in [1.29, 1.82) is 0 Å². The molecule has 4 heteroatoms. The lowest BCUT2D eigenvalue weighted by Crippen LogP contribution is -2.38. The molecule has 0 bridgehead atoms. The van der Waals surface area contributed by atoms with Crippen molar-refractivity contribution in [3.63, 3.8) is 0 Å². The summed E-state index contributed by atoms with van der Waals surface area (Å²) in [5.41, 5.74) is 1.84. The summed E-state index contributed by atoms with van der Waals surface area (Å²) in [5.74, 6) is 1.59. The summed E-state index contributed by atoms with van der Waals surface area (Å²) in [4.78, 5) is 7.00. The zero-order valence-electron chi connectivity index (χ0n) is 12.1. The molecule has 1 atom stereocenters. The van der Waals surface area contributed by atoms with Crippen LogP contribution in [0, 0.1) is 5.92 Å². The number of benzene rings is 1. The molecule has 0 aliphatic carbocycles. The summed E-state index contributed by atoms with van der Waals surface area (Å²) >= 11 is 0. The fourth-order valence-corrected chi connectivity index (χ4v) is 2.93. The molecule has 4 nitrogen and oxygen atoms in total. The van der Waals surface area contributed by atoms with E-state index in [0.29, 0.717) is 0 Å². The van der Waals surface area contributed by atoms with Crippen LogP contribution in [-0.4, -0.2) is 36.1 Å². The Bertz CT molecular complexity index is 512. The molecule has 0 radical (unpaired) electrons. The Morgan fingerprint density at radius 1 is 1.40 bits per heavy atom. The zero-order valence-corrected chi connectivity index (χ0v) is 12.1. The van der Waals surface area contributed by atoms with Gasteiger partial charge in [-0.05, 0) is 50.5 Å². The number of nitrogens with one attached hydrogen (secondary N) is 1. The van der Waals surface area contributed by atoms with Crippen LogP contribution < -0.4 is 5.32 Å². The van der Waals surface area contributed by atoms with Crippen molar-refractivity contribution in [1.82, 2.24) is 15.2 Å². The van der Waals surface area contributed by atoms with Gasteiger partial charge in [0.15, 0.2) is 5.58 Å². The molecule has 2 aromatic rings. The van der Waals surface area contributed by atoms with Gasteiger partial charge in [-0.1, -0.05) is 19.1 Å².